The lowest BCUT2D eigenvalue weighted by molar-refractivity contribution is 0.0218. The monoisotopic (exact) mass is 526 g/mol. The second kappa shape index (κ2) is 10.1. The number of amides is 1. The summed E-state index contributed by atoms with van der Waals surface area (Å²) in [5.74, 6) is 2.09. The molecule has 1 amide bonds. The minimum Gasteiger partial charge on any atom is -0.444 e. The summed E-state index contributed by atoms with van der Waals surface area (Å²) in [5.41, 5.74) is 3.00. The molecule has 2 unspecified atom stereocenters. The van der Waals surface area contributed by atoms with E-state index in [4.69, 9.17) is 14.7 Å². The Balaban J connectivity index is 1.47. The smallest absolute Gasteiger partial charge is 0.410 e. The predicted octanol–water partition coefficient (Wildman–Crippen LogP) is 5.08. The third-order valence-corrected chi connectivity index (χ3v) is 7.11. The molecule has 0 aliphatic carbocycles. The Morgan fingerprint density at radius 1 is 1.26 bits per heavy atom. The van der Waals surface area contributed by atoms with Gasteiger partial charge in [-0.05, 0) is 64.8 Å². The van der Waals surface area contributed by atoms with E-state index in [-0.39, 0.29) is 18.2 Å². The molecule has 10 heteroatoms. The Morgan fingerprint density at radius 3 is 2.77 bits per heavy atom. The van der Waals surface area contributed by atoms with Gasteiger partial charge in [-0.25, -0.2) is 14.8 Å². The molecule has 2 atom stereocenters. The molecule has 1 aliphatic rings. The van der Waals surface area contributed by atoms with Crippen LogP contribution in [0.25, 0.3) is 16.7 Å². The average molecular weight is 527 g/mol. The maximum Gasteiger partial charge on any atom is 0.410 e. The largest absolute Gasteiger partial charge is 0.444 e. The number of nitrogens with zero attached hydrogens (tertiary/aromatic N) is 7. The SMILES string of the molecule is Cc1c(C#N)cccc1C(C)Nc1nc2nccn2c2cnc(N3CCN(C(=O)OC(C)(C)C)CC3C)cc12. The standard InChI is InChI=1S/C29H34N8O2/c1-18-17-35(28(38)39-29(4,5)6)12-13-36(18)25-14-23-24(16-32-25)37-11-10-31-27(37)34-26(23)33-20(3)22-9-7-8-21(15-30)19(22)2/h7-11,14,16,18,20H,12-13,17H2,1-6H3,(H,31,33,34). The van der Waals surface area contributed by atoms with Crippen LogP contribution in [0.15, 0.2) is 42.9 Å². The van der Waals surface area contributed by atoms with Crippen molar-refractivity contribution in [2.24, 2.45) is 0 Å². The number of hydrogen-bond acceptors (Lipinski definition) is 8. The van der Waals surface area contributed by atoms with Crippen molar-refractivity contribution in [3.8, 4) is 6.07 Å². The summed E-state index contributed by atoms with van der Waals surface area (Å²) in [5, 5.41) is 14.0. The van der Waals surface area contributed by atoms with E-state index in [1.54, 1.807) is 11.1 Å². The predicted molar refractivity (Wildman–Crippen MR) is 151 cm³/mol. The Bertz CT molecular complexity index is 1580. The zero-order valence-corrected chi connectivity index (χ0v) is 23.3. The number of fused-ring (bicyclic) bond motifs is 3. The van der Waals surface area contributed by atoms with Gasteiger partial charge in [0, 0.05) is 43.5 Å². The van der Waals surface area contributed by atoms with Gasteiger partial charge in [-0.3, -0.25) is 4.40 Å². The van der Waals surface area contributed by atoms with Crippen LogP contribution in [0.5, 0.6) is 0 Å². The van der Waals surface area contributed by atoms with Gasteiger partial charge < -0.3 is 19.9 Å². The van der Waals surface area contributed by atoms with Gasteiger partial charge in [0.15, 0.2) is 0 Å². The molecular formula is C29H34N8O2. The number of pyridine rings is 1. The molecule has 1 saturated heterocycles. The maximum absolute atomic E-state index is 12.6. The van der Waals surface area contributed by atoms with Crippen LogP contribution in [0.1, 0.15) is 57.4 Å². The van der Waals surface area contributed by atoms with E-state index in [0.29, 0.717) is 36.8 Å². The van der Waals surface area contributed by atoms with E-state index in [1.165, 1.54) is 0 Å². The number of piperazine rings is 1. The van der Waals surface area contributed by atoms with Crippen molar-refractivity contribution < 1.29 is 9.53 Å². The molecular weight excluding hydrogens is 492 g/mol. The third kappa shape index (κ3) is 5.17. The van der Waals surface area contributed by atoms with Gasteiger partial charge in [0.1, 0.15) is 17.2 Å². The number of nitriles is 1. The van der Waals surface area contributed by atoms with E-state index in [2.05, 4.69) is 41.2 Å². The zero-order chi connectivity index (χ0) is 27.9. The average Bonchev–Trinajstić information content (AvgIpc) is 3.36. The molecule has 1 fully saturated rings. The third-order valence-electron chi connectivity index (χ3n) is 7.11. The molecule has 0 radical (unpaired) electrons. The number of anilines is 2. The van der Waals surface area contributed by atoms with E-state index in [0.717, 1.165) is 27.8 Å². The van der Waals surface area contributed by atoms with Gasteiger partial charge in [0.25, 0.3) is 0 Å². The normalized spacial score (nSPS) is 16.8. The molecule has 4 heterocycles. The van der Waals surface area contributed by atoms with E-state index >= 15 is 0 Å². The molecule has 0 saturated carbocycles. The van der Waals surface area contributed by atoms with Crippen LogP contribution in [0.3, 0.4) is 0 Å². The topological polar surface area (TPSA) is 112 Å². The molecule has 10 nitrogen and oxygen atoms in total. The highest BCUT2D eigenvalue weighted by Crippen LogP contribution is 2.31. The number of ether oxygens (including phenoxy) is 1. The van der Waals surface area contributed by atoms with Crippen LogP contribution >= 0.6 is 0 Å². The van der Waals surface area contributed by atoms with Crippen LogP contribution in [0.2, 0.25) is 0 Å². The Kier molecular flexibility index (Phi) is 6.76. The van der Waals surface area contributed by atoms with Gasteiger partial charge in [0.2, 0.25) is 5.78 Å². The highest BCUT2D eigenvalue weighted by Gasteiger charge is 2.31. The van der Waals surface area contributed by atoms with Crippen molar-refractivity contribution in [2.45, 2.75) is 59.2 Å². The molecule has 4 aromatic rings. The molecule has 1 aromatic carbocycles. The molecule has 3 aromatic heterocycles. The molecule has 1 N–H and O–H groups in total. The lowest BCUT2D eigenvalue weighted by atomic mass is 9.98. The summed E-state index contributed by atoms with van der Waals surface area (Å²) in [6.07, 6.45) is 5.16. The van der Waals surface area contributed by atoms with E-state index in [9.17, 15) is 10.1 Å². The van der Waals surface area contributed by atoms with Crippen LogP contribution in [-0.4, -0.2) is 61.6 Å². The van der Waals surface area contributed by atoms with Crippen LogP contribution < -0.4 is 10.2 Å². The van der Waals surface area contributed by atoms with Gasteiger partial charge in [-0.2, -0.15) is 10.2 Å². The van der Waals surface area contributed by atoms with E-state index in [1.807, 2.05) is 62.7 Å². The van der Waals surface area contributed by atoms with Crippen molar-refractivity contribution >= 4 is 34.4 Å². The number of carbonyl (C=O) groups excluding carboxylic acids is 1. The number of hydrogen-bond donors (Lipinski definition) is 1. The number of nitrogens with one attached hydrogen (secondary N) is 1. The Hall–Kier alpha value is -4.39. The highest BCUT2D eigenvalue weighted by atomic mass is 16.6. The fourth-order valence-electron chi connectivity index (χ4n) is 5.13. The van der Waals surface area contributed by atoms with Crippen LogP contribution in [-0.2, 0) is 4.74 Å². The number of carbonyl (C=O) groups is 1. The van der Waals surface area contributed by atoms with E-state index < -0.39 is 5.60 Å². The molecule has 1 aliphatic heterocycles. The first-order valence-corrected chi connectivity index (χ1v) is 13.2. The molecule has 0 spiro atoms. The second-order valence-corrected chi connectivity index (χ2v) is 11.1. The van der Waals surface area contributed by atoms with Crippen LogP contribution in [0.4, 0.5) is 16.4 Å². The van der Waals surface area contributed by atoms with Gasteiger partial charge in [-0.1, -0.05) is 12.1 Å². The van der Waals surface area contributed by atoms with Crippen molar-refractivity contribution in [1.29, 1.82) is 5.26 Å². The molecule has 202 valence electrons. The lowest BCUT2D eigenvalue weighted by Crippen LogP contribution is -2.54. The summed E-state index contributed by atoms with van der Waals surface area (Å²) < 4.78 is 7.50. The van der Waals surface area contributed by atoms with Gasteiger partial charge >= 0.3 is 6.09 Å². The Labute approximate surface area is 228 Å². The lowest BCUT2D eigenvalue weighted by Gasteiger charge is -2.40. The minimum atomic E-state index is -0.530. The number of benzene rings is 1. The first kappa shape index (κ1) is 26.2. The zero-order valence-electron chi connectivity index (χ0n) is 23.3. The summed E-state index contributed by atoms with van der Waals surface area (Å²) in [6.45, 7) is 13.5. The summed E-state index contributed by atoms with van der Waals surface area (Å²) in [7, 11) is 0. The summed E-state index contributed by atoms with van der Waals surface area (Å²) >= 11 is 0. The summed E-state index contributed by atoms with van der Waals surface area (Å²) in [6, 6.07) is 10.0. The molecule has 0 bridgehead atoms. The number of rotatable bonds is 4. The fourth-order valence-corrected chi connectivity index (χ4v) is 5.13. The van der Waals surface area contributed by atoms with Crippen molar-refractivity contribution in [2.75, 3.05) is 29.9 Å². The second-order valence-electron chi connectivity index (χ2n) is 11.1. The quantitative estimate of drug-likeness (QED) is 0.392. The number of aromatic nitrogens is 4. The summed E-state index contributed by atoms with van der Waals surface area (Å²) in [4.78, 5) is 30.7. The first-order valence-electron chi connectivity index (χ1n) is 13.2. The van der Waals surface area contributed by atoms with Crippen molar-refractivity contribution in [1.82, 2.24) is 24.3 Å². The van der Waals surface area contributed by atoms with Gasteiger partial charge in [0.05, 0.1) is 29.4 Å². The first-order chi connectivity index (χ1) is 18.6. The van der Waals surface area contributed by atoms with Crippen molar-refractivity contribution in [3.63, 3.8) is 0 Å². The maximum atomic E-state index is 12.6. The number of imidazole rings is 1. The fraction of sp³-hybridized carbons (Fsp3) is 0.414. The Morgan fingerprint density at radius 2 is 2.05 bits per heavy atom. The van der Waals surface area contributed by atoms with Gasteiger partial charge in [-0.15, -0.1) is 0 Å². The van der Waals surface area contributed by atoms with Crippen LogP contribution in [0, 0.1) is 18.3 Å². The highest BCUT2D eigenvalue weighted by molar-refractivity contribution is 5.92. The molecule has 5 rings (SSSR count). The van der Waals surface area contributed by atoms with Crippen molar-refractivity contribution in [3.05, 3.63) is 59.5 Å². The minimum absolute atomic E-state index is 0.0489. The molecule has 39 heavy (non-hydrogen) atoms.